The molecule has 1 aliphatic heterocycles. The fourth-order valence-corrected chi connectivity index (χ4v) is 3.86. The number of carbonyl (C=O) groups excluding carboxylic acids is 2. The number of aliphatic hydroxyl groups is 1. The molecule has 6 nitrogen and oxygen atoms in total. The highest BCUT2D eigenvalue weighted by molar-refractivity contribution is 6.46. The molecular weight excluding hydrogens is 404 g/mol. The highest BCUT2D eigenvalue weighted by atomic mass is 16.5. The van der Waals surface area contributed by atoms with Crippen LogP contribution < -0.4 is 4.74 Å². The number of amides is 1. The molecule has 1 fully saturated rings. The fourth-order valence-electron chi connectivity index (χ4n) is 3.86. The summed E-state index contributed by atoms with van der Waals surface area (Å²) in [6.07, 6.45) is 0. The van der Waals surface area contributed by atoms with Crippen LogP contribution in [0, 0.1) is 0 Å². The number of Topliss-reactive ketones (excluding diaryl/α,β-unsaturated/α-hetero) is 1. The lowest BCUT2D eigenvalue weighted by atomic mass is 9.85. The number of likely N-dealkylation sites (N-methyl/N-ethyl adjacent to an activating group) is 1. The van der Waals surface area contributed by atoms with Gasteiger partial charge in [0.15, 0.2) is 0 Å². The van der Waals surface area contributed by atoms with Gasteiger partial charge in [0.2, 0.25) is 0 Å². The molecule has 0 saturated carbocycles. The summed E-state index contributed by atoms with van der Waals surface area (Å²) in [5.74, 6) is -0.906. The Hall–Kier alpha value is -3.12. The number of carbonyl (C=O) groups is 2. The molecule has 2 aromatic rings. The van der Waals surface area contributed by atoms with Gasteiger partial charge in [-0.2, -0.15) is 0 Å². The number of likely N-dealkylation sites (tertiary alicyclic amines) is 1. The lowest BCUT2D eigenvalue weighted by Gasteiger charge is -2.27. The van der Waals surface area contributed by atoms with Crippen LogP contribution in [0.3, 0.4) is 0 Å². The van der Waals surface area contributed by atoms with Crippen molar-refractivity contribution in [3.8, 4) is 5.75 Å². The zero-order chi connectivity index (χ0) is 23.6. The van der Waals surface area contributed by atoms with Crippen LogP contribution in [0.2, 0.25) is 0 Å². The van der Waals surface area contributed by atoms with E-state index in [1.54, 1.807) is 29.2 Å². The zero-order valence-corrected chi connectivity index (χ0v) is 19.7. The molecule has 3 rings (SSSR count). The SMILES string of the molecule is COc1cccc(C(O)=C2C(=O)C(=O)N(CCN(C)C)[C@H]2c2ccc(C(C)(C)C)cc2)c1. The number of benzene rings is 2. The Morgan fingerprint density at radius 3 is 2.31 bits per heavy atom. The van der Waals surface area contributed by atoms with E-state index < -0.39 is 17.7 Å². The van der Waals surface area contributed by atoms with Crippen LogP contribution in [0.5, 0.6) is 5.75 Å². The van der Waals surface area contributed by atoms with Gasteiger partial charge in [-0.05, 0) is 42.8 Å². The van der Waals surface area contributed by atoms with E-state index >= 15 is 0 Å². The molecule has 6 heteroatoms. The van der Waals surface area contributed by atoms with Crippen molar-refractivity contribution in [3.05, 3.63) is 70.8 Å². The number of methoxy groups -OCH3 is 1. The molecule has 0 bridgehead atoms. The molecule has 1 heterocycles. The number of rotatable bonds is 6. The molecule has 0 radical (unpaired) electrons. The molecule has 0 aromatic heterocycles. The van der Waals surface area contributed by atoms with Crippen molar-refractivity contribution in [1.82, 2.24) is 9.80 Å². The predicted molar refractivity (Wildman–Crippen MR) is 126 cm³/mol. The minimum atomic E-state index is -0.672. The quantitative estimate of drug-likeness (QED) is 0.421. The van der Waals surface area contributed by atoms with Gasteiger partial charge in [-0.1, -0.05) is 57.2 Å². The summed E-state index contributed by atoms with van der Waals surface area (Å²) in [7, 11) is 5.37. The zero-order valence-electron chi connectivity index (χ0n) is 19.7. The summed E-state index contributed by atoms with van der Waals surface area (Å²) < 4.78 is 5.26. The van der Waals surface area contributed by atoms with Crippen LogP contribution >= 0.6 is 0 Å². The molecule has 2 aromatic carbocycles. The topological polar surface area (TPSA) is 70.1 Å². The number of hydrogen-bond donors (Lipinski definition) is 1. The molecule has 1 N–H and O–H groups in total. The van der Waals surface area contributed by atoms with Gasteiger partial charge in [-0.25, -0.2) is 0 Å². The van der Waals surface area contributed by atoms with Gasteiger partial charge in [-0.15, -0.1) is 0 Å². The van der Waals surface area contributed by atoms with E-state index in [-0.39, 0.29) is 16.7 Å². The van der Waals surface area contributed by atoms with Crippen molar-refractivity contribution in [3.63, 3.8) is 0 Å². The first-order valence-electron chi connectivity index (χ1n) is 10.7. The lowest BCUT2D eigenvalue weighted by Crippen LogP contribution is -2.35. The van der Waals surface area contributed by atoms with E-state index in [0.717, 1.165) is 11.1 Å². The predicted octanol–water partition coefficient (Wildman–Crippen LogP) is 3.98. The van der Waals surface area contributed by atoms with E-state index in [4.69, 9.17) is 4.74 Å². The first-order valence-corrected chi connectivity index (χ1v) is 10.7. The van der Waals surface area contributed by atoms with E-state index in [2.05, 4.69) is 20.8 Å². The van der Waals surface area contributed by atoms with Crippen LogP contribution in [0.1, 0.15) is 43.5 Å². The second-order valence-electron chi connectivity index (χ2n) is 9.40. The van der Waals surface area contributed by atoms with Gasteiger partial charge in [0, 0.05) is 18.7 Å². The third-order valence-corrected chi connectivity index (χ3v) is 5.76. The maximum Gasteiger partial charge on any atom is 0.295 e. The molecular formula is C26H32N2O4. The van der Waals surface area contributed by atoms with Gasteiger partial charge in [0.05, 0.1) is 18.7 Å². The molecule has 0 aliphatic carbocycles. The van der Waals surface area contributed by atoms with E-state index in [0.29, 0.717) is 24.4 Å². The Kier molecular flexibility index (Phi) is 6.74. The van der Waals surface area contributed by atoms with Gasteiger partial charge >= 0.3 is 0 Å². The molecule has 0 unspecified atom stereocenters. The minimum Gasteiger partial charge on any atom is -0.507 e. The lowest BCUT2D eigenvalue weighted by molar-refractivity contribution is -0.140. The highest BCUT2D eigenvalue weighted by Gasteiger charge is 2.45. The monoisotopic (exact) mass is 436 g/mol. The molecule has 0 spiro atoms. The van der Waals surface area contributed by atoms with E-state index in [1.165, 1.54) is 7.11 Å². The third kappa shape index (κ3) is 4.70. The van der Waals surface area contributed by atoms with Gasteiger partial charge in [0.1, 0.15) is 11.5 Å². The molecule has 1 saturated heterocycles. The summed E-state index contributed by atoms with van der Waals surface area (Å²) in [6.45, 7) is 7.37. The molecule has 170 valence electrons. The van der Waals surface area contributed by atoms with Crippen molar-refractivity contribution in [2.24, 2.45) is 0 Å². The number of nitrogens with zero attached hydrogens (tertiary/aromatic N) is 2. The Morgan fingerprint density at radius 2 is 1.75 bits per heavy atom. The van der Waals surface area contributed by atoms with Crippen molar-refractivity contribution in [1.29, 1.82) is 0 Å². The molecule has 1 amide bonds. The summed E-state index contributed by atoms with van der Waals surface area (Å²) in [5.41, 5.74) is 2.46. The van der Waals surface area contributed by atoms with Crippen LogP contribution in [0.4, 0.5) is 0 Å². The smallest absolute Gasteiger partial charge is 0.295 e. The number of ketones is 1. The molecule has 32 heavy (non-hydrogen) atoms. The Bertz CT molecular complexity index is 1030. The molecule has 1 aliphatic rings. The van der Waals surface area contributed by atoms with Crippen LogP contribution in [0.15, 0.2) is 54.1 Å². The summed E-state index contributed by atoms with van der Waals surface area (Å²) >= 11 is 0. The van der Waals surface area contributed by atoms with Crippen molar-refractivity contribution in [2.75, 3.05) is 34.3 Å². The van der Waals surface area contributed by atoms with Gasteiger partial charge in [0.25, 0.3) is 11.7 Å². The Labute approximate surface area is 190 Å². The summed E-state index contributed by atoms with van der Waals surface area (Å²) in [6, 6.07) is 14.1. The maximum absolute atomic E-state index is 13.1. The van der Waals surface area contributed by atoms with E-state index in [9.17, 15) is 14.7 Å². The van der Waals surface area contributed by atoms with Crippen molar-refractivity contribution in [2.45, 2.75) is 32.2 Å². The second-order valence-corrected chi connectivity index (χ2v) is 9.40. The number of hydrogen-bond acceptors (Lipinski definition) is 5. The fraction of sp³-hybridized carbons (Fsp3) is 0.385. The van der Waals surface area contributed by atoms with Crippen molar-refractivity contribution >= 4 is 17.4 Å². The third-order valence-electron chi connectivity index (χ3n) is 5.76. The average molecular weight is 437 g/mol. The average Bonchev–Trinajstić information content (AvgIpc) is 3.01. The summed E-state index contributed by atoms with van der Waals surface area (Å²) in [4.78, 5) is 29.6. The van der Waals surface area contributed by atoms with Crippen molar-refractivity contribution < 1.29 is 19.4 Å². The summed E-state index contributed by atoms with van der Waals surface area (Å²) in [5, 5.41) is 11.2. The highest BCUT2D eigenvalue weighted by Crippen LogP contribution is 2.40. The minimum absolute atomic E-state index is 0.0220. The van der Waals surface area contributed by atoms with E-state index in [1.807, 2.05) is 43.3 Å². The van der Waals surface area contributed by atoms with Crippen LogP contribution in [0.25, 0.3) is 5.76 Å². The number of ether oxygens (including phenoxy) is 1. The second kappa shape index (κ2) is 9.17. The number of aliphatic hydroxyl groups excluding tert-OH is 1. The Balaban J connectivity index is 2.14. The van der Waals surface area contributed by atoms with Crippen LogP contribution in [-0.2, 0) is 15.0 Å². The normalized spacial score (nSPS) is 18.5. The first-order chi connectivity index (χ1) is 15.0. The van der Waals surface area contributed by atoms with Gasteiger partial charge in [-0.3, -0.25) is 9.59 Å². The standard InChI is InChI=1S/C26H32N2O4/c1-26(2,3)19-12-10-17(11-13-19)22-21(23(29)18-8-7-9-20(16-18)32-6)24(30)25(31)28(22)15-14-27(4)5/h7-13,16,22,29H,14-15H2,1-6H3/t22-/m0/s1. The first kappa shape index (κ1) is 23.5. The molecule has 1 atom stereocenters. The largest absolute Gasteiger partial charge is 0.507 e. The van der Waals surface area contributed by atoms with Crippen LogP contribution in [-0.4, -0.2) is 60.9 Å². The maximum atomic E-state index is 13.1. The van der Waals surface area contributed by atoms with Gasteiger partial charge < -0.3 is 19.6 Å². The Morgan fingerprint density at radius 1 is 1.09 bits per heavy atom.